The summed E-state index contributed by atoms with van der Waals surface area (Å²) in [5, 5.41) is 9.84. The van der Waals surface area contributed by atoms with Crippen molar-refractivity contribution in [3.05, 3.63) is 30.0 Å². The first kappa shape index (κ1) is 22.5. The highest BCUT2D eigenvalue weighted by Crippen LogP contribution is 2.36. The number of carbonyl (C=O) groups excluding carboxylic acids is 1. The molecule has 0 saturated carbocycles. The predicted octanol–water partition coefficient (Wildman–Crippen LogP) is 3.07. The molecule has 5 rings (SSSR count). The summed E-state index contributed by atoms with van der Waals surface area (Å²) in [6, 6.07) is 7.27. The van der Waals surface area contributed by atoms with Gasteiger partial charge in [0.1, 0.15) is 11.2 Å². The van der Waals surface area contributed by atoms with E-state index < -0.39 is 0 Å². The molecule has 2 amide bonds. The summed E-state index contributed by atoms with van der Waals surface area (Å²) in [5.41, 5.74) is 3.95. The fraction of sp³-hybridized carbons (Fsp3) is 0.500. The quantitative estimate of drug-likeness (QED) is 0.592. The first-order chi connectivity index (χ1) is 16.7. The van der Waals surface area contributed by atoms with Gasteiger partial charge in [-0.2, -0.15) is 0 Å². The Bertz CT molecular complexity index is 1130. The Kier molecular flexibility index (Phi) is 6.59. The molecule has 2 N–H and O–H groups in total. The van der Waals surface area contributed by atoms with Gasteiger partial charge < -0.3 is 29.7 Å². The van der Waals surface area contributed by atoms with E-state index in [0.717, 1.165) is 68.2 Å². The molecule has 3 aromatic rings. The molecule has 0 atom stereocenters. The third kappa shape index (κ3) is 4.55. The summed E-state index contributed by atoms with van der Waals surface area (Å²) in [7, 11) is 1.59. The van der Waals surface area contributed by atoms with E-state index in [9.17, 15) is 4.79 Å². The van der Waals surface area contributed by atoms with Gasteiger partial charge in [0, 0.05) is 37.3 Å². The van der Waals surface area contributed by atoms with Crippen molar-refractivity contribution in [1.82, 2.24) is 25.3 Å². The molecule has 0 spiro atoms. The number of morpholine rings is 1. The topological polar surface area (TPSA) is 109 Å². The van der Waals surface area contributed by atoms with E-state index in [-0.39, 0.29) is 6.03 Å². The standard InChI is InChI=1S/C24H31N7O3/c1-3-30-10-8-16(9-11-30)19-20-21(34-29-19)23(31-12-14-33-15-13-31)28-22(27-20)17-4-6-18(7-5-17)26-24(32)25-2/h4-7,16H,3,8-15H2,1-2H3,(H2,25,26,32). The van der Waals surface area contributed by atoms with Crippen LogP contribution < -0.4 is 15.5 Å². The minimum atomic E-state index is -0.261. The summed E-state index contributed by atoms with van der Waals surface area (Å²) in [4.78, 5) is 26.1. The maximum atomic E-state index is 11.6. The Morgan fingerprint density at radius 2 is 1.82 bits per heavy atom. The Morgan fingerprint density at radius 3 is 2.50 bits per heavy atom. The predicted molar refractivity (Wildman–Crippen MR) is 130 cm³/mol. The zero-order valence-electron chi connectivity index (χ0n) is 19.7. The molecule has 0 bridgehead atoms. The van der Waals surface area contributed by atoms with Crippen molar-refractivity contribution in [3.8, 4) is 11.4 Å². The molecule has 2 aliphatic heterocycles. The number of amides is 2. The van der Waals surface area contributed by atoms with Crippen molar-refractivity contribution >= 4 is 28.6 Å². The third-order valence-corrected chi connectivity index (χ3v) is 6.69. The van der Waals surface area contributed by atoms with Crippen molar-refractivity contribution < 1.29 is 14.1 Å². The first-order valence-electron chi connectivity index (χ1n) is 12.0. The zero-order valence-corrected chi connectivity index (χ0v) is 19.7. The molecule has 10 nitrogen and oxygen atoms in total. The van der Waals surface area contributed by atoms with Crippen LogP contribution in [0.15, 0.2) is 28.8 Å². The van der Waals surface area contributed by atoms with Gasteiger partial charge in [0.2, 0.25) is 5.58 Å². The summed E-state index contributed by atoms with van der Waals surface area (Å²) >= 11 is 0. The second kappa shape index (κ2) is 9.94. The van der Waals surface area contributed by atoms with Crippen LogP contribution in [0.1, 0.15) is 31.4 Å². The highest BCUT2D eigenvalue weighted by Gasteiger charge is 2.29. The molecule has 2 saturated heterocycles. The van der Waals surface area contributed by atoms with Crippen molar-refractivity contribution in [3.63, 3.8) is 0 Å². The van der Waals surface area contributed by atoms with Crippen LogP contribution in [0.4, 0.5) is 16.3 Å². The Balaban J connectivity index is 1.53. The highest BCUT2D eigenvalue weighted by atomic mass is 16.5. The minimum Gasteiger partial charge on any atom is -0.378 e. The number of hydrogen-bond donors (Lipinski definition) is 2. The molecule has 0 radical (unpaired) electrons. The number of piperidine rings is 1. The van der Waals surface area contributed by atoms with Crippen LogP contribution in [0, 0.1) is 0 Å². The van der Waals surface area contributed by atoms with E-state index in [1.54, 1.807) is 7.05 Å². The lowest BCUT2D eigenvalue weighted by Gasteiger charge is -2.30. The molecule has 2 fully saturated rings. The van der Waals surface area contributed by atoms with Gasteiger partial charge in [-0.15, -0.1) is 0 Å². The highest BCUT2D eigenvalue weighted by molar-refractivity contribution is 5.90. The van der Waals surface area contributed by atoms with Crippen LogP contribution in [-0.2, 0) is 4.74 Å². The molecule has 0 unspecified atom stereocenters. The number of nitrogens with zero attached hydrogens (tertiary/aromatic N) is 5. The molecular formula is C24H31N7O3. The normalized spacial score (nSPS) is 17.8. The molecule has 10 heteroatoms. The van der Waals surface area contributed by atoms with E-state index in [2.05, 4.69) is 32.5 Å². The number of likely N-dealkylation sites (tertiary alicyclic amines) is 1. The molecule has 2 aliphatic rings. The number of benzene rings is 1. The van der Waals surface area contributed by atoms with Gasteiger partial charge in [0.05, 0.1) is 13.2 Å². The van der Waals surface area contributed by atoms with Crippen molar-refractivity contribution in [2.75, 3.05) is 63.2 Å². The van der Waals surface area contributed by atoms with Crippen LogP contribution in [0.5, 0.6) is 0 Å². The molecular weight excluding hydrogens is 434 g/mol. The van der Waals surface area contributed by atoms with Crippen LogP contribution in [0.2, 0.25) is 0 Å². The molecule has 0 aliphatic carbocycles. The van der Waals surface area contributed by atoms with Crippen LogP contribution in [0.3, 0.4) is 0 Å². The fourth-order valence-electron chi connectivity index (χ4n) is 4.64. The lowest BCUT2D eigenvalue weighted by atomic mass is 9.93. The summed E-state index contributed by atoms with van der Waals surface area (Å²) in [5.74, 6) is 1.71. The molecule has 2 aromatic heterocycles. The van der Waals surface area contributed by atoms with E-state index in [4.69, 9.17) is 19.2 Å². The summed E-state index contributed by atoms with van der Waals surface area (Å²) < 4.78 is 11.4. The molecule has 34 heavy (non-hydrogen) atoms. The van der Waals surface area contributed by atoms with Gasteiger partial charge in [-0.25, -0.2) is 14.8 Å². The minimum absolute atomic E-state index is 0.261. The fourth-order valence-corrected chi connectivity index (χ4v) is 4.64. The van der Waals surface area contributed by atoms with E-state index >= 15 is 0 Å². The van der Waals surface area contributed by atoms with E-state index in [1.807, 2.05) is 24.3 Å². The number of ether oxygens (including phenoxy) is 1. The SMILES string of the molecule is CCN1CCC(c2noc3c(N4CCOCC4)nc(-c4ccc(NC(=O)NC)cc4)nc23)CC1. The van der Waals surface area contributed by atoms with Crippen LogP contribution in [0.25, 0.3) is 22.5 Å². The van der Waals surface area contributed by atoms with Crippen molar-refractivity contribution in [1.29, 1.82) is 0 Å². The maximum Gasteiger partial charge on any atom is 0.318 e. The Morgan fingerprint density at radius 1 is 1.09 bits per heavy atom. The van der Waals surface area contributed by atoms with Crippen molar-refractivity contribution in [2.45, 2.75) is 25.7 Å². The van der Waals surface area contributed by atoms with Gasteiger partial charge in [-0.05, 0) is 56.7 Å². The maximum absolute atomic E-state index is 11.6. The molecule has 4 heterocycles. The summed E-state index contributed by atoms with van der Waals surface area (Å²) in [6.07, 6.45) is 2.09. The molecule has 1 aromatic carbocycles. The number of fused-ring (bicyclic) bond motifs is 1. The number of hydrogen-bond acceptors (Lipinski definition) is 8. The molecule has 180 valence electrons. The first-order valence-corrected chi connectivity index (χ1v) is 12.0. The van der Waals surface area contributed by atoms with Crippen LogP contribution in [-0.4, -0.2) is 79.0 Å². The van der Waals surface area contributed by atoms with Gasteiger partial charge in [-0.3, -0.25) is 0 Å². The number of nitrogens with one attached hydrogen (secondary N) is 2. The second-order valence-corrected chi connectivity index (χ2v) is 8.71. The number of urea groups is 1. The van der Waals surface area contributed by atoms with Gasteiger partial charge >= 0.3 is 6.03 Å². The second-order valence-electron chi connectivity index (χ2n) is 8.71. The van der Waals surface area contributed by atoms with Crippen LogP contribution >= 0.6 is 0 Å². The Labute approximate surface area is 198 Å². The average Bonchev–Trinajstić information content (AvgIpc) is 3.33. The third-order valence-electron chi connectivity index (χ3n) is 6.69. The lowest BCUT2D eigenvalue weighted by molar-refractivity contribution is 0.122. The van der Waals surface area contributed by atoms with Gasteiger partial charge in [-0.1, -0.05) is 12.1 Å². The monoisotopic (exact) mass is 465 g/mol. The largest absolute Gasteiger partial charge is 0.378 e. The zero-order chi connectivity index (χ0) is 23.5. The van der Waals surface area contributed by atoms with E-state index in [1.165, 1.54) is 0 Å². The number of anilines is 2. The van der Waals surface area contributed by atoms with Crippen molar-refractivity contribution in [2.24, 2.45) is 0 Å². The number of rotatable bonds is 5. The Hall–Kier alpha value is -3.24. The van der Waals surface area contributed by atoms with E-state index in [0.29, 0.717) is 36.2 Å². The lowest BCUT2D eigenvalue weighted by Crippen LogP contribution is -2.37. The smallest absolute Gasteiger partial charge is 0.318 e. The number of aromatic nitrogens is 3. The summed E-state index contributed by atoms with van der Waals surface area (Å²) in [6.45, 7) is 8.18. The van der Waals surface area contributed by atoms with Gasteiger partial charge in [0.15, 0.2) is 11.6 Å². The average molecular weight is 466 g/mol. The number of carbonyl (C=O) groups is 1. The van der Waals surface area contributed by atoms with Gasteiger partial charge in [0.25, 0.3) is 0 Å².